The van der Waals surface area contributed by atoms with Crippen LogP contribution in [-0.4, -0.2) is 53.0 Å². The second kappa shape index (κ2) is 10.4. The first-order valence-electron chi connectivity index (χ1n) is 9.96. The number of aromatic nitrogens is 2. The van der Waals surface area contributed by atoms with Gasteiger partial charge in [-0.1, -0.05) is 18.2 Å². The molecule has 1 unspecified atom stereocenters. The molecule has 3 rings (SSSR count). The minimum atomic E-state index is 0.729. The first kappa shape index (κ1) is 19.8. The number of nitrogens with zero attached hydrogens (tertiary/aromatic N) is 3. The van der Waals surface area contributed by atoms with Crippen molar-refractivity contribution in [1.82, 2.24) is 20.4 Å². The monoisotopic (exact) mass is 385 g/mol. The van der Waals surface area contributed by atoms with Gasteiger partial charge in [-0.05, 0) is 56.7 Å². The van der Waals surface area contributed by atoms with Gasteiger partial charge >= 0.3 is 0 Å². The number of aliphatic imine (C=N–C) groups is 1. The Hall–Kier alpha value is -1.95. The molecule has 5 nitrogen and oxygen atoms in total. The molecule has 1 aliphatic heterocycles. The van der Waals surface area contributed by atoms with E-state index in [2.05, 4.69) is 64.6 Å². The number of hydrogen-bond donors (Lipinski definition) is 2. The summed E-state index contributed by atoms with van der Waals surface area (Å²) < 4.78 is 0. The molecule has 0 radical (unpaired) electrons. The highest BCUT2D eigenvalue weighted by Gasteiger charge is 2.24. The van der Waals surface area contributed by atoms with Gasteiger partial charge < -0.3 is 10.2 Å². The first-order chi connectivity index (χ1) is 13.3. The highest BCUT2D eigenvalue weighted by atomic mass is 32.2. The quantitative estimate of drug-likeness (QED) is 0.315. The summed E-state index contributed by atoms with van der Waals surface area (Å²) >= 11 is 1.97. The number of aromatic amines is 1. The van der Waals surface area contributed by atoms with Crippen LogP contribution in [0.5, 0.6) is 0 Å². The molecule has 2 aromatic rings. The summed E-state index contributed by atoms with van der Waals surface area (Å²) in [6.45, 7) is 8.20. The zero-order valence-electron chi connectivity index (χ0n) is 16.4. The predicted molar refractivity (Wildman–Crippen MR) is 114 cm³/mol. The van der Waals surface area contributed by atoms with E-state index in [1.165, 1.54) is 28.3 Å². The van der Waals surface area contributed by atoms with Crippen LogP contribution >= 0.6 is 11.8 Å². The first-order valence-corrected chi connectivity index (χ1v) is 10.9. The predicted octanol–water partition coefficient (Wildman–Crippen LogP) is 3.73. The lowest BCUT2D eigenvalue weighted by Crippen LogP contribution is -2.40. The molecular weight excluding hydrogens is 354 g/mol. The van der Waals surface area contributed by atoms with Crippen molar-refractivity contribution in [3.8, 4) is 0 Å². The Kier molecular flexibility index (Phi) is 7.63. The molecule has 1 aromatic heterocycles. The van der Waals surface area contributed by atoms with Crippen LogP contribution in [0, 0.1) is 12.8 Å². The molecule has 1 fully saturated rings. The minimum absolute atomic E-state index is 0.729. The molecule has 27 heavy (non-hydrogen) atoms. The lowest BCUT2D eigenvalue weighted by molar-refractivity contribution is 0.474. The van der Waals surface area contributed by atoms with Gasteiger partial charge in [-0.25, -0.2) is 0 Å². The van der Waals surface area contributed by atoms with Crippen LogP contribution in [0.1, 0.15) is 31.0 Å². The Morgan fingerprint density at radius 2 is 2.22 bits per heavy atom. The molecule has 0 amide bonds. The van der Waals surface area contributed by atoms with Crippen LogP contribution in [0.25, 0.3) is 0 Å². The lowest BCUT2D eigenvalue weighted by atomic mass is 10.1. The van der Waals surface area contributed by atoms with Crippen molar-refractivity contribution in [3.05, 3.63) is 47.8 Å². The lowest BCUT2D eigenvalue weighted by Gasteiger charge is -2.21. The van der Waals surface area contributed by atoms with E-state index in [0.29, 0.717) is 0 Å². The van der Waals surface area contributed by atoms with Crippen molar-refractivity contribution in [2.75, 3.05) is 31.9 Å². The minimum Gasteiger partial charge on any atom is -0.357 e. The molecule has 2 N–H and O–H groups in total. The van der Waals surface area contributed by atoms with Gasteiger partial charge in [-0.2, -0.15) is 5.10 Å². The molecular formula is C21H31N5S. The Balaban J connectivity index is 1.45. The molecule has 1 atom stereocenters. The average Bonchev–Trinajstić information content (AvgIpc) is 3.32. The average molecular weight is 386 g/mol. The van der Waals surface area contributed by atoms with Gasteiger partial charge in [0.25, 0.3) is 0 Å². The van der Waals surface area contributed by atoms with Crippen molar-refractivity contribution in [3.63, 3.8) is 0 Å². The van der Waals surface area contributed by atoms with E-state index in [-0.39, 0.29) is 0 Å². The molecule has 0 saturated carbocycles. The third-order valence-corrected chi connectivity index (χ3v) is 6.19. The second-order valence-electron chi connectivity index (χ2n) is 7.08. The Labute approximate surface area is 167 Å². The van der Waals surface area contributed by atoms with Gasteiger partial charge in [0.05, 0.1) is 6.20 Å². The van der Waals surface area contributed by atoms with Crippen LogP contribution in [-0.2, 0) is 6.42 Å². The van der Waals surface area contributed by atoms with Crippen molar-refractivity contribution in [1.29, 1.82) is 0 Å². The van der Waals surface area contributed by atoms with Gasteiger partial charge in [-0.3, -0.25) is 10.1 Å². The number of thioether (sulfide) groups is 1. The molecule has 2 heterocycles. The largest absolute Gasteiger partial charge is 0.357 e. The van der Waals surface area contributed by atoms with E-state index in [4.69, 9.17) is 4.99 Å². The van der Waals surface area contributed by atoms with Crippen molar-refractivity contribution >= 4 is 17.7 Å². The fraction of sp³-hybridized carbons (Fsp3) is 0.524. The SMILES string of the molecule is CCNC(=NCCCc1cn[nH]c1C)N1CCC(CSc2ccccc2)C1. The molecule has 1 saturated heterocycles. The zero-order chi connectivity index (χ0) is 18.9. The van der Waals surface area contributed by atoms with E-state index in [9.17, 15) is 0 Å². The fourth-order valence-corrected chi connectivity index (χ4v) is 4.45. The maximum absolute atomic E-state index is 4.87. The molecule has 0 bridgehead atoms. The third kappa shape index (κ3) is 6.03. The normalized spacial score (nSPS) is 17.5. The number of benzene rings is 1. The maximum Gasteiger partial charge on any atom is 0.193 e. The summed E-state index contributed by atoms with van der Waals surface area (Å²) in [6, 6.07) is 10.7. The number of rotatable bonds is 8. The zero-order valence-corrected chi connectivity index (χ0v) is 17.3. The highest BCUT2D eigenvalue weighted by Crippen LogP contribution is 2.25. The summed E-state index contributed by atoms with van der Waals surface area (Å²) in [4.78, 5) is 8.67. The van der Waals surface area contributed by atoms with E-state index >= 15 is 0 Å². The molecule has 1 aromatic carbocycles. The summed E-state index contributed by atoms with van der Waals surface area (Å²) in [5.74, 6) is 2.99. The van der Waals surface area contributed by atoms with Crippen LogP contribution in [0.3, 0.4) is 0 Å². The van der Waals surface area contributed by atoms with Gasteiger partial charge in [0.15, 0.2) is 5.96 Å². The Bertz CT molecular complexity index is 712. The number of H-pyrrole nitrogens is 1. The molecule has 6 heteroatoms. The Morgan fingerprint density at radius 1 is 1.37 bits per heavy atom. The third-order valence-electron chi connectivity index (χ3n) is 4.95. The van der Waals surface area contributed by atoms with Crippen molar-refractivity contribution in [2.24, 2.45) is 10.9 Å². The summed E-state index contributed by atoms with van der Waals surface area (Å²) in [7, 11) is 0. The standard InChI is InChI=1S/C21H31N5S/c1-3-22-21(23-12-7-8-19-14-24-25-17(19)2)26-13-11-18(15-26)16-27-20-9-5-4-6-10-20/h4-6,9-10,14,18H,3,7-8,11-13,15-16H2,1-2H3,(H,22,23)(H,24,25). The smallest absolute Gasteiger partial charge is 0.193 e. The van der Waals surface area contributed by atoms with Crippen molar-refractivity contribution in [2.45, 2.75) is 38.0 Å². The Morgan fingerprint density at radius 3 is 2.96 bits per heavy atom. The topological polar surface area (TPSA) is 56.3 Å². The fourth-order valence-electron chi connectivity index (χ4n) is 3.40. The number of aryl methyl sites for hydroxylation is 2. The van der Waals surface area contributed by atoms with Crippen LogP contribution in [0.4, 0.5) is 0 Å². The second-order valence-corrected chi connectivity index (χ2v) is 8.18. The number of likely N-dealkylation sites (tertiary alicyclic amines) is 1. The number of hydrogen-bond acceptors (Lipinski definition) is 3. The molecule has 146 valence electrons. The van der Waals surface area contributed by atoms with Gasteiger partial charge in [0.1, 0.15) is 0 Å². The van der Waals surface area contributed by atoms with Crippen LogP contribution < -0.4 is 5.32 Å². The molecule has 0 aliphatic carbocycles. The van der Waals surface area contributed by atoms with E-state index in [0.717, 1.165) is 50.9 Å². The highest BCUT2D eigenvalue weighted by molar-refractivity contribution is 7.99. The van der Waals surface area contributed by atoms with E-state index < -0.39 is 0 Å². The maximum atomic E-state index is 4.87. The van der Waals surface area contributed by atoms with Crippen LogP contribution in [0.2, 0.25) is 0 Å². The van der Waals surface area contributed by atoms with E-state index in [1.807, 2.05) is 18.0 Å². The molecule has 1 aliphatic rings. The van der Waals surface area contributed by atoms with E-state index in [1.54, 1.807) is 0 Å². The number of guanidine groups is 1. The van der Waals surface area contributed by atoms with Gasteiger partial charge in [-0.15, -0.1) is 11.8 Å². The van der Waals surface area contributed by atoms with Crippen molar-refractivity contribution < 1.29 is 0 Å². The van der Waals surface area contributed by atoms with Gasteiger partial charge in [0, 0.05) is 42.5 Å². The summed E-state index contributed by atoms with van der Waals surface area (Å²) in [5.41, 5.74) is 2.47. The summed E-state index contributed by atoms with van der Waals surface area (Å²) in [5, 5.41) is 10.6. The molecule has 0 spiro atoms. The van der Waals surface area contributed by atoms with Crippen LogP contribution in [0.15, 0.2) is 46.4 Å². The number of nitrogens with one attached hydrogen (secondary N) is 2. The summed E-state index contributed by atoms with van der Waals surface area (Å²) in [6.07, 6.45) is 5.26. The van der Waals surface area contributed by atoms with Gasteiger partial charge in [0.2, 0.25) is 0 Å².